The number of piperidine rings is 1. The Hall–Kier alpha value is -2.73. The molecule has 1 saturated heterocycles. The summed E-state index contributed by atoms with van der Waals surface area (Å²) in [6, 6.07) is 7.79. The summed E-state index contributed by atoms with van der Waals surface area (Å²) < 4.78 is 16.3. The van der Waals surface area contributed by atoms with Crippen molar-refractivity contribution in [1.82, 2.24) is 10.2 Å². The number of rotatable bonds is 6. The normalized spacial score (nSPS) is 17.2. The van der Waals surface area contributed by atoms with Crippen molar-refractivity contribution in [2.45, 2.75) is 33.2 Å². The van der Waals surface area contributed by atoms with E-state index in [2.05, 4.69) is 16.3 Å². The standard InChI is InChI=1S/C23H28N2O4/c1-16-11-20(17(2)29-16)14-25-9-7-19(8-10-25)13-24-23(26)6-4-18-3-5-21-22(12-18)28-15-27-21/h3-6,11-12,19H,7-10,13-15H2,1-2H3,(H,24,26)/b6-4+. The zero-order valence-corrected chi connectivity index (χ0v) is 17.1. The Morgan fingerprint density at radius 3 is 2.72 bits per heavy atom. The number of ether oxygens (including phenoxy) is 2. The number of nitrogens with one attached hydrogen (secondary N) is 1. The van der Waals surface area contributed by atoms with E-state index in [1.165, 1.54) is 5.56 Å². The maximum atomic E-state index is 12.2. The Kier molecular flexibility index (Phi) is 5.90. The molecular weight excluding hydrogens is 368 g/mol. The van der Waals surface area contributed by atoms with Crippen LogP contribution in [0.4, 0.5) is 0 Å². The molecule has 0 radical (unpaired) electrons. The van der Waals surface area contributed by atoms with Crippen LogP contribution in [0.3, 0.4) is 0 Å². The van der Waals surface area contributed by atoms with Crippen LogP contribution in [-0.2, 0) is 11.3 Å². The van der Waals surface area contributed by atoms with Crippen molar-refractivity contribution in [3.63, 3.8) is 0 Å². The minimum Gasteiger partial charge on any atom is -0.466 e. The van der Waals surface area contributed by atoms with Gasteiger partial charge in [-0.05, 0) is 75.5 Å². The molecule has 6 heteroatoms. The summed E-state index contributed by atoms with van der Waals surface area (Å²) in [5.74, 6) is 3.93. The first kappa shape index (κ1) is 19.6. The number of furan rings is 1. The van der Waals surface area contributed by atoms with Gasteiger partial charge in [0, 0.05) is 24.7 Å². The lowest BCUT2D eigenvalue weighted by molar-refractivity contribution is -0.116. The Bertz CT molecular complexity index is 894. The third kappa shape index (κ3) is 5.01. The van der Waals surface area contributed by atoms with Crippen LogP contribution >= 0.6 is 0 Å². The molecule has 0 atom stereocenters. The van der Waals surface area contributed by atoms with Gasteiger partial charge in [-0.1, -0.05) is 6.07 Å². The summed E-state index contributed by atoms with van der Waals surface area (Å²) in [6.45, 7) is 8.05. The molecule has 1 N–H and O–H groups in total. The number of hydrogen-bond acceptors (Lipinski definition) is 5. The maximum absolute atomic E-state index is 12.2. The molecule has 1 amide bonds. The van der Waals surface area contributed by atoms with Crippen molar-refractivity contribution >= 4 is 12.0 Å². The molecule has 1 aromatic carbocycles. The number of carbonyl (C=O) groups is 1. The van der Waals surface area contributed by atoms with Crippen LogP contribution in [0.25, 0.3) is 6.08 Å². The lowest BCUT2D eigenvalue weighted by Crippen LogP contribution is -2.38. The second kappa shape index (κ2) is 8.74. The lowest BCUT2D eigenvalue weighted by atomic mass is 9.96. The Labute approximate surface area is 171 Å². The summed E-state index contributed by atoms with van der Waals surface area (Å²) in [4.78, 5) is 14.6. The molecule has 2 aromatic rings. The molecule has 2 aliphatic rings. The Morgan fingerprint density at radius 2 is 1.97 bits per heavy atom. The summed E-state index contributed by atoms with van der Waals surface area (Å²) in [6.07, 6.45) is 5.58. The number of amides is 1. The van der Waals surface area contributed by atoms with Crippen molar-refractivity contribution in [2.75, 3.05) is 26.4 Å². The van der Waals surface area contributed by atoms with Crippen LogP contribution in [-0.4, -0.2) is 37.2 Å². The first-order valence-corrected chi connectivity index (χ1v) is 10.2. The predicted molar refractivity (Wildman–Crippen MR) is 111 cm³/mol. The summed E-state index contributed by atoms with van der Waals surface area (Å²) in [5.41, 5.74) is 2.20. The molecule has 0 aliphatic carbocycles. The quantitative estimate of drug-likeness (QED) is 0.755. The number of hydrogen-bond donors (Lipinski definition) is 1. The van der Waals surface area contributed by atoms with Gasteiger partial charge < -0.3 is 19.2 Å². The van der Waals surface area contributed by atoms with Crippen LogP contribution in [0.15, 0.2) is 34.8 Å². The van der Waals surface area contributed by atoms with Crippen LogP contribution < -0.4 is 14.8 Å². The van der Waals surface area contributed by atoms with Crippen LogP contribution in [0.2, 0.25) is 0 Å². The number of nitrogens with zero attached hydrogens (tertiary/aromatic N) is 1. The zero-order valence-electron chi connectivity index (χ0n) is 17.1. The van der Waals surface area contributed by atoms with E-state index in [0.29, 0.717) is 5.92 Å². The fraction of sp³-hybridized carbons (Fsp3) is 0.435. The number of aryl methyl sites for hydroxylation is 2. The molecule has 1 fully saturated rings. The van der Waals surface area contributed by atoms with E-state index in [4.69, 9.17) is 13.9 Å². The number of fused-ring (bicyclic) bond motifs is 1. The smallest absolute Gasteiger partial charge is 0.244 e. The lowest BCUT2D eigenvalue weighted by Gasteiger charge is -2.31. The average Bonchev–Trinajstić information content (AvgIpc) is 3.31. The van der Waals surface area contributed by atoms with E-state index in [-0.39, 0.29) is 12.7 Å². The van der Waals surface area contributed by atoms with E-state index in [9.17, 15) is 4.79 Å². The second-order valence-electron chi connectivity index (χ2n) is 7.85. The number of likely N-dealkylation sites (tertiary alicyclic amines) is 1. The summed E-state index contributed by atoms with van der Waals surface area (Å²) in [7, 11) is 0. The average molecular weight is 396 g/mol. The molecule has 0 bridgehead atoms. The van der Waals surface area contributed by atoms with Crippen LogP contribution in [0.5, 0.6) is 11.5 Å². The SMILES string of the molecule is Cc1cc(CN2CCC(CNC(=O)/C=C/c3ccc4c(c3)OCO4)CC2)c(C)o1. The second-order valence-corrected chi connectivity index (χ2v) is 7.85. The van der Waals surface area contributed by atoms with Gasteiger partial charge in [0.25, 0.3) is 0 Å². The van der Waals surface area contributed by atoms with E-state index in [1.54, 1.807) is 12.2 Å². The third-order valence-corrected chi connectivity index (χ3v) is 5.63. The first-order valence-electron chi connectivity index (χ1n) is 10.2. The Morgan fingerprint density at radius 1 is 1.17 bits per heavy atom. The van der Waals surface area contributed by atoms with E-state index in [1.807, 2.05) is 32.0 Å². The molecule has 0 spiro atoms. The third-order valence-electron chi connectivity index (χ3n) is 5.63. The van der Waals surface area contributed by atoms with Crippen LogP contribution in [0.1, 0.15) is 35.5 Å². The van der Waals surface area contributed by atoms with Crippen molar-refractivity contribution in [1.29, 1.82) is 0 Å². The molecule has 154 valence electrons. The maximum Gasteiger partial charge on any atom is 0.244 e. The Balaban J connectivity index is 1.19. The molecule has 0 unspecified atom stereocenters. The van der Waals surface area contributed by atoms with Gasteiger partial charge >= 0.3 is 0 Å². The van der Waals surface area contributed by atoms with Gasteiger partial charge in [-0.25, -0.2) is 0 Å². The van der Waals surface area contributed by atoms with Gasteiger partial charge in [0.15, 0.2) is 11.5 Å². The first-order chi connectivity index (χ1) is 14.1. The fourth-order valence-corrected chi connectivity index (χ4v) is 3.92. The minimum absolute atomic E-state index is 0.0606. The van der Waals surface area contributed by atoms with Gasteiger partial charge in [-0.2, -0.15) is 0 Å². The summed E-state index contributed by atoms with van der Waals surface area (Å²) >= 11 is 0. The van der Waals surface area contributed by atoms with E-state index < -0.39 is 0 Å². The molecule has 29 heavy (non-hydrogen) atoms. The van der Waals surface area contributed by atoms with Crippen LogP contribution in [0, 0.1) is 19.8 Å². The number of carbonyl (C=O) groups excluding carboxylic acids is 1. The van der Waals surface area contributed by atoms with E-state index >= 15 is 0 Å². The molecule has 1 aromatic heterocycles. The van der Waals surface area contributed by atoms with Crippen molar-refractivity contribution in [2.24, 2.45) is 5.92 Å². The minimum atomic E-state index is -0.0606. The molecule has 6 nitrogen and oxygen atoms in total. The molecule has 2 aliphatic heterocycles. The van der Waals surface area contributed by atoms with Gasteiger partial charge in [0.1, 0.15) is 11.5 Å². The van der Waals surface area contributed by atoms with Crippen molar-refractivity contribution in [3.05, 3.63) is 53.0 Å². The van der Waals surface area contributed by atoms with Gasteiger partial charge in [-0.15, -0.1) is 0 Å². The topological polar surface area (TPSA) is 63.9 Å². The fourth-order valence-electron chi connectivity index (χ4n) is 3.92. The molecule has 3 heterocycles. The number of benzene rings is 1. The van der Waals surface area contributed by atoms with Crippen molar-refractivity contribution in [3.8, 4) is 11.5 Å². The summed E-state index contributed by atoms with van der Waals surface area (Å²) in [5, 5.41) is 3.04. The predicted octanol–water partition coefficient (Wildman–Crippen LogP) is 3.67. The molecular formula is C23H28N2O4. The van der Waals surface area contributed by atoms with E-state index in [0.717, 1.165) is 67.6 Å². The largest absolute Gasteiger partial charge is 0.466 e. The highest BCUT2D eigenvalue weighted by atomic mass is 16.7. The molecule has 4 rings (SSSR count). The zero-order chi connectivity index (χ0) is 20.2. The van der Waals surface area contributed by atoms with Crippen molar-refractivity contribution < 1.29 is 18.7 Å². The highest BCUT2D eigenvalue weighted by molar-refractivity contribution is 5.91. The highest BCUT2D eigenvalue weighted by Crippen LogP contribution is 2.32. The molecule has 0 saturated carbocycles. The highest BCUT2D eigenvalue weighted by Gasteiger charge is 2.20. The van der Waals surface area contributed by atoms with Gasteiger partial charge in [-0.3, -0.25) is 9.69 Å². The monoisotopic (exact) mass is 396 g/mol. The van der Waals surface area contributed by atoms with Gasteiger partial charge in [0.2, 0.25) is 12.7 Å². The van der Waals surface area contributed by atoms with Gasteiger partial charge in [0.05, 0.1) is 0 Å².